The van der Waals surface area contributed by atoms with Gasteiger partial charge in [-0.25, -0.2) is 4.39 Å². The van der Waals surface area contributed by atoms with Crippen LogP contribution in [-0.4, -0.2) is 67.6 Å². The molecule has 3 rings (SSSR count). The Morgan fingerprint density at radius 2 is 2.08 bits per heavy atom. The third kappa shape index (κ3) is 4.54. The fraction of sp³-hybridized carbons (Fsp3) is 0.556. The van der Waals surface area contributed by atoms with Gasteiger partial charge in [0.1, 0.15) is 11.9 Å². The number of hydrogen-bond acceptors (Lipinski definition) is 3. The summed E-state index contributed by atoms with van der Waals surface area (Å²) in [6.45, 7) is 3.72. The average Bonchev–Trinajstić information content (AvgIpc) is 3.18. The van der Waals surface area contributed by atoms with Gasteiger partial charge in [-0.2, -0.15) is 0 Å². The van der Waals surface area contributed by atoms with E-state index in [0.717, 1.165) is 23.3 Å². The number of hydrogen-bond donors (Lipinski definition) is 1. The van der Waals surface area contributed by atoms with E-state index in [-0.39, 0.29) is 17.8 Å². The molecule has 0 radical (unpaired) electrons. The number of nitrogens with zero attached hydrogens (tertiary/aromatic N) is 3. The van der Waals surface area contributed by atoms with Crippen LogP contribution in [0, 0.1) is 5.82 Å². The van der Waals surface area contributed by atoms with Gasteiger partial charge in [0, 0.05) is 56.4 Å². The SMILES string of the molecule is CN=C(NCc1ccc(Br)cc1F)N1CCN(C(=O)C2CCCO2)CC1. The van der Waals surface area contributed by atoms with E-state index in [1.807, 2.05) is 11.0 Å². The van der Waals surface area contributed by atoms with Crippen molar-refractivity contribution in [2.75, 3.05) is 39.8 Å². The van der Waals surface area contributed by atoms with Crippen LogP contribution in [-0.2, 0) is 16.1 Å². The number of rotatable bonds is 3. The van der Waals surface area contributed by atoms with Gasteiger partial charge in [0.25, 0.3) is 5.91 Å². The third-order valence-electron chi connectivity index (χ3n) is 4.76. The van der Waals surface area contributed by atoms with Gasteiger partial charge >= 0.3 is 0 Å². The second-order valence-electron chi connectivity index (χ2n) is 6.45. The summed E-state index contributed by atoms with van der Waals surface area (Å²) in [5.74, 6) is 0.563. The van der Waals surface area contributed by atoms with E-state index in [4.69, 9.17) is 4.74 Å². The third-order valence-corrected chi connectivity index (χ3v) is 5.25. The van der Waals surface area contributed by atoms with Gasteiger partial charge in [-0.15, -0.1) is 0 Å². The molecule has 1 aromatic rings. The lowest BCUT2D eigenvalue weighted by Gasteiger charge is -2.37. The van der Waals surface area contributed by atoms with Crippen molar-refractivity contribution < 1.29 is 13.9 Å². The van der Waals surface area contributed by atoms with Crippen molar-refractivity contribution in [1.82, 2.24) is 15.1 Å². The van der Waals surface area contributed by atoms with Gasteiger partial charge in [-0.05, 0) is 25.0 Å². The molecule has 2 saturated heterocycles. The minimum Gasteiger partial charge on any atom is -0.368 e. The number of guanidine groups is 1. The molecule has 0 spiro atoms. The second-order valence-corrected chi connectivity index (χ2v) is 7.37. The Kier molecular flexibility index (Phi) is 6.48. The van der Waals surface area contributed by atoms with Crippen LogP contribution in [0.2, 0.25) is 0 Å². The van der Waals surface area contributed by atoms with Gasteiger partial charge in [0.2, 0.25) is 0 Å². The highest BCUT2D eigenvalue weighted by atomic mass is 79.9. The zero-order valence-electron chi connectivity index (χ0n) is 14.9. The molecule has 2 fully saturated rings. The topological polar surface area (TPSA) is 57.2 Å². The highest BCUT2D eigenvalue weighted by molar-refractivity contribution is 9.10. The molecule has 1 unspecified atom stereocenters. The number of aliphatic imine (C=N–C) groups is 1. The Bertz CT molecular complexity index is 671. The molecule has 1 N–H and O–H groups in total. The van der Waals surface area contributed by atoms with Crippen LogP contribution < -0.4 is 5.32 Å². The first-order chi connectivity index (χ1) is 12.6. The average molecular weight is 427 g/mol. The zero-order valence-corrected chi connectivity index (χ0v) is 16.5. The molecular formula is C18H24BrFN4O2. The predicted octanol–water partition coefficient (Wildman–Crippen LogP) is 1.99. The molecule has 1 aromatic carbocycles. The Labute approximate surface area is 161 Å². The van der Waals surface area contributed by atoms with Gasteiger partial charge in [0.15, 0.2) is 5.96 Å². The maximum atomic E-state index is 14.0. The van der Waals surface area contributed by atoms with Gasteiger partial charge < -0.3 is 19.9 Å². The number of nitrogens with one attached hydrogen (secondary N) is 1. The molecule has 142 valence electrons. The largest absolute Gasteiger partial charge is 0.368 e. The normalized spacial score (nSPS) is 21.2. The lowest BCUT2D eigenvalue weighted by molar-refractivity contribution is -0.142. The van der Waals surface area contributed by atoms with Crippen LogP contribution in [0.4, 0.5) is 4.39 Å². The molecule has 1 amide bonds. The minimum absolute atomic E-state index is 0.0991. The summed E-state index contributed by atoms with van der Waals surface area (Å²) in [5, 5.41) is 3.21. The van der Waals surface area contributed by atoms with E-state index >= 15 is 0 Å². The molecule has 8 heteroatoms. The monoisotopic (exact) mass is 426 g/mol. The summed E-state index contributed by atoms with van der Waals surface area (Å²) in [4.78, 5) is 20.7. The van der Waals surface area contributed by atoms with Crippen LogP contribution in [0.15, 0.2) is 27.7 Å². The molecule has 26 heavy (non-hydrogen) atoms. The maximum Gasteiger partial charge on any atom is 0.251 e. The highest BCUT2D eigenvalue weighted by Crippen LogP contribution is 2.17. The first-order valence-electron chi connectivity index (χ1n) is 8.88. The molecule has 2 aliphatic heterocycles. The summed E-state index contributed by atoms with van der Waals surface area (Å²) in [5.41, 5.74) is 0.585. The van der Waals surface area contributed by atoms with E-state index in [1.165, 1.54) is 6.07 Å². The lowest BCUT2D eigenvalue weighted by atomic mass is 10.2. The predicted molar refractivity (Wildman–Crippen MR) is 101 cm³/mol. The summed E-state index contributed by atoms with van der Waals surface area (Å²) in [6, 6.07) is 5.02. The number of ether oxygens (including phenoxy) is 1. The van der Waals surface area contributed by atoms with Crippen molar-refractivity contribution in [3.8, 4) is 0 Å². The van der Waals surface area contributed by atoms with Crippen LogP contribution in [0.25, 0.3) is 0 Å². The number of piperazine rings is 1. The first kappa shape index (κ1) is 19.1. The number of carbonyl (C=O) groups excluding carboxylic acids is 1. The zero-order chi connectivity index (χ0) is 18.5. The quantitative estimate of drug-likeness (QED) is 0.592. The van der Waals surface area contributed by atoms with Crippen molar-refractivity contribution in [2.45, 2.75) is 25.5 Å². The van der Waals surface area contributed by atoms with Crippen LogP contribution in [0.3, 0.4) is 0 Å². The van der Waals surface area contributed by atoms with E-state index in [9.17, 15) is 9.18 Å². The summed E-state index contributed by atoms with van der Waals surface area (Å²) >= 11 is 3.26. The fourth-order valence-corrected chi connectivity index (χ4v) is 3.62. The Balaban J connectivity index is 1.51. The number of carbonyl (C=O) groups is 1. The summed E-state index contributed by atoms with van der Waals surface area (Å²) in [7, 11) is 1.71. The summed E-state index contributed by atoms with van der Waals surface area (Å²) < 4.78 is 20.2. The smallest absolute Gasteiger partial charge is 0.251 e. The van der Waals surface area contributed by atoms with Crippen molar-refractivity contribution in [1.29, 1.82) is 0 Å². The van der Waals surface area contributed by atoms with E-state index in [1.54, 1.807) is 13.1 Å². The lowest BCUT2D eigenvalue weighted by Crippen LogP contribution is -2.55. The van der Waals surface area contributed by atoms with Gasteiger partial charge in [-0.1, -0.05) is 22.0 Å². The highest BCUT2D eigenvalue weighted by Gasteiger charge is 2.30. The molecule has 0 saturated carbocycles. The first-order valence-corrected chi connectivity index (χ1v) is 9.67. The van der Waals surface area contributed by atoms with Crippen molar-refractivity contribution >= 4 is 27.8 Å². The molecule has 6 nitrogen and oxygen atoms in total. The van der Waals surface area contributed by atoms with Crippen LogP contribution in [0.1, 0.15) is 18.4 Å². The number of halogens is 2. The molecule has 0 bridgehead atoms. The number of amides is 1. The van der Waals surface area contributed by atoms with Gasteiger partial charge in [0.05, 0.1) is 0 Å². The number of benzene rings is 1. The van der Waals surface area contributed by atoms with E-state index in [0.29, 0.717) is 44.9 Å². The summed E-state index contributed by atoms with van der Waals surface area (Å²) in [6.07, 6.45) is 1.51. The molecule has 2 heterocycles. The molecule has 2 aliphatic rings. The molecule has 0 aromatic heterocycles. The van der Waals surface area contributed by atoms with Gasteiger partial charge in [-0.3, -0.25) is 9.79 Å². The fourth-order valence-electron chi connectivity index (χ4n) is 3.29. The van der Waals surface area contributed by atoms with E-state index in [2.05, 4.69) is 31.1 Å². The molecule has 0 aliphatic carbocycles. The second kappa shape index (κ2) is 8.81. The van der Waals surface area contributed by atoms with E-state index < -0.39 is 0 Å². The standard InChI is InChI=1S/C18H24BrFN4O2/c1-21-18(22-12-13-4-5-14(19)11-15(13)20)24-8-6-23(7-9-24)17(25)16-3-2-10-26-16/h4-5,11,16H,2-3,6-10,12H2,1H3,(H,21,22). The Hall–Kier alpha value is -1.67. The molecular weight excluding hydrogens is 403 g/mol. The maximum absolute atomic E-state index is 14.0. The minimum atomic E-state index is -0.264. The Morgan fingerprint density at radius 3 is 2.69 bits per heavy atom. The van der Waals surface area contributed by atoms with Crippen molar-refractivity contribution in [3.63, 3.8) is 0 Å². The van der Waals surface area contributed by atoms with Crippen molar-refractivity contribution in [2.24, 2.45) is 4.99 Å². The molecule has 1 atom stereocenters. The van der Waals surface area contributed by atoms with Crippen LogP contribution in [0.5, 0.6) is 0 Å². The van der Waals surface area contributed by atoms with Crippen LogP contribution >= 0.6 is 15.9 Å². The van der Waals surface area contributed by atoms with Crippen molar-refractivity contribution in [3.05, 3.63) is 34.1 Å². The Morgan fingerprint density at radius 1 is 1.35 bits per heavy atom.